The van der Waals surface area contributed by atoms with Crippen molar-refractivity contribution in [3.8, 4) is 0 Å². The number of aromatic nitrogens is 2. The van der Waals surface area contributed by atoms with Gasteiger partial charge in [0.1, 0.15) is 5.76 Å². The number of benzene rings is 1. The molecule has 0 spiro atoms. The van der Waals surface area contributed by atoms with Crippen LogP contribution in [0.3, 0.4) is 0 Å². The van der Waals surface area contributed by atoms with Gasteiger partial charge >= 0.3 is 0 Å². The number of hydrogen-bond donors (Lipinski definition) is 0. The molecule has 0 radical (unpaired) electrons. The summed E-state index contributed by atoms with van der Waals surface area (Å²) in [7, 11) is 1.99. The molecule has 3 heterocycles. The molecule has 1 amide bonds. The zero-order chi connectivity index (χ0) is 22.7. The van der Waals surface area contributed by atoms with Gasteiger partial charge in [0.05, 0.1) is 6.54 Å². The van der Waals surface area contributed by atoms with Gasteiger partial charge in [-0.25, -0.2) is 0 Å². The smallest absolute Gasteiger partial charge is 0.290 e. The number of aryl methyl sites for hydroxylation is 4. The highest BCUT2D eigenvalue weighted by Gasteiger charge is 2.21. The van der Waals surface area contributed by atoms with Gasteiger partial charge in [-0.05, 0) is 73.4 Å². The van der Waals surface area contributed by atoms with Gasteiger partial charge in [0.2, 0.25) is 0 Å². The molecule has 5 nitrogen and oxygen atoms in total. The summed E-state index contributed by atoms with van der Waals surface area (Å²) >= 11 is 0. The monoisotopic (exact) mass is 427 g/mol. The second-order valence-corrected chi connectivity index (χ2v) is 8.45. The van der Waals surface area contributed by atoms with Crippen molar-refractivity contribution >= 4 is 5.91 Å². The lowest BCUT2D eigenvalue weighted by Gasteiger charge is -2.22. The van der Waals surface area contributed by atoms with Crippen molar-refractivity contribution in [2.75, 3.05) is 0 Å². The van der Waals surface area contributed by atoms with Gasteiger partial charge in [-0.15, -0.1) is 0 Å². The summed E-state index contributed by atoms with van der Waals surface area (Å²) in [5, 5.41) is 0. The topological polar surface area (TPSA) is 51.3 Å². The quantitative estimate of drug-likeness (QED) is 0.398. The van der Waals surface area contributed by atoms with Crippen molar-refractivity contribution in [2.24, 2.45) is 7.05 Å². The zero-order valence-electron chi connectivity index (χ0n) is 19.1. The van der Waals surface area contributed by atoms with Crippen LogP contribution in [0.1, 0.15) is 49.8 Å². The maximum absolute atomic E-state index is 13.4. The average molecular weight is 428 g/mol. The van der Waals surface area contributed by atoms with E-state index >= 15 is 0 Å². The molecule has 32 heavy (non-hydrogen) atoms. The highest BCUT2D eigenvalue weighted by atomic mass is 16.4. The van der Waals surface area contributed by atoms with Crippen LogP contribution in [0.5, 0.6) is 0 Å². The van der Waals surface area contributed by atoms with E-state index in [1.165, 1.54) is 22.3 Å². The molecule has 5 heteroatoms. The Kier molecular flexibility index (Phi) is 6.26. The summed E-state index contributed by atoms with van der Waals surface area (Å²) in [6.45, 7) is 7.31. The second kappa shape index (κ2) is 9.27. The fourth-order valence-electron chi connectivity index (χ4n) is 4.17. The largest absolute Gasteiger partial charge is 0.456 e. The van der Waals surface area contributed by atoms with Gasteiger partial charge in [-0.1, -0.05) is 23.8 Å². The van der Waals surface area contributed by atoms with E-state index in [4.69, 9.17) is 4.42 Å². The first-order chi connectivity index (χ1) is 15.4. The molecule has 0 aliphatic heterocycles. The molecular weight excluding hydrogens is 398 g/mol. The van der Waals surface area contributed by atoms with E-state index < -0.39 is 0 Å². The van der Waals surface area contributed by atoms with Crippen LogP contribution in [0.15, 0.2) is 71.5 Å². The van der Waals surface area contributed by atoms with E-state index in [2.05, 4.69) is 37.9 Å². The van der Waals surface area contributed by atoms with Crippen LogP contribution < -0.4 is 0 Å². The number of hydrogen-bond acceptors (Lipinski definition) is 3. The summed E-state index contributed by atoms with van der Waals surface area (Å²) in [6, 6.07) is 16.0. The van der Waals surface area contributed by atoms with E-state index in [1.54, 1.807) is 23.4 Å². The molecule has 0 aliphatic carbocycles. The van der Waals surface area contributed by atoms with Gasteiger partial charge in [0.15, 0.2) is 5.76 Å². The predicted octanol–water partition coefficient (Wildman–Crippen LogP) is 5.37. The summed E-state index contributed by atoms with van der Waals surface area (Å²) in [4.78, 5) is 19.4. The highest BCUT2D eigenvalue weighted by Crippen LogP contribution is 2.22. The molecule has 0 bridgehead atoms. The minimum atomic E-state index is -0.126. The molecule has 0 saturated heterocycles. The molecule has 0 aliphatic rings. The Bertz CT molecular complexity index is 1200. The maximum atomic E-state index is 13.4. The first kappa shape index (κ1) is 21.6. The van der Waals surface area contributed by atoms with Crippen LogP contribution in [-0.4, -0.2) is 20.4 Å². The molecule has 3 aromatic heterocycles. The minimum absolute atomic E-state index is 0.126. The number of carbonyl (C=O) groups excluding carboxylic acids is 1. The van der Waals surface area contributed by atoms with Crippen molar-refractivity contribution < 1.29 is 9.21 Å². The zero-order valence-corrected chi connectivity index (χ0v) is 19.1. The van der Waals surface area contributed by atoms with Crippen molar-refractivity contribution in [1.82, 2.24) is 14.5 Å². The molecular formula is C27H29N3O2. The number of furan rings is 1. The van der Waals surface area contributed by atoms with Crippen LogP contribution in [0.2, 0.25) is 0 Å². The van der Waals surface area contributed by atoms with Gasteiger partial charge in [0.25, 0.3) is 5.91 Å². The van der Waals surface area contributed by atoms with E-state index in [9.17, 15) is 4.79 Å². The second-order valence-electron chi connectivity index (χ2n) is 8.45. The number of pyridine rings is 1. The van der Waals surface area contributed by atoms with Gasteiger partial charge in [-0.3, -0.25) is 9.78 Å². The fourth-order valence-corrected chi connectivity index (χ4v) is 4.17. The summed E-state index contributed by atoms with van der Waals surface area (Å²) in [5.74, 6) is 1.03. The summed E-state index contributed by atoms with van der Waals surface area (Å²) in [6.07, 6.45) is 6.19. The molecule has 0 unspecified atom stereocenters. The first-order valence-electron chi connectivity index (χ1n) is 10.8. The number of rotatable bonds is 7. The minimum Gasteiger partial charge on any atom is -0.456 e. The Morgan fingerprint density at radius 2 is 1.81 bits per heavy atom. The Morgan fingerprint density at radius 1 is 1.03 bits per heavy atom. The Hall–Kier alpha value is -3.60. The lowest BCUT2D eigenvalue weighted by molar-refractivity contribution is 0.0692. The van der Waals surface area contributed by atoms with Gasteiger partial charge in [-0.2, -0.15) is 0 Å². The van der Waals surface area contributed by atoms with Crippen LogP contribution in [0, 0.1) is 20.8 Å². The van der Waals surface area contributed by atoms with E-state index in [0.717, 1.165) is 17.0 Å². The third-order valence-electron chi connectivity index (χ3n) is 5.85. The lowest BCUT2D eigenvalue weighted by Crippen LogP contribution is -2.30. The van der Waals surface area contributed by atoms with Crippen molar-refractivity contribution in [1.29, 1.82) is 0 Å². The Balaban J connectivity index is 1.57. The molecule has 0 atom stereocenters. The Labute approximate surface area is 189 Å². The third-order valence-corrected chi connectivity index (χ3v) is 5.85. The van der Waals surface area contributed by atoms with Crippen molar-refractivity contribution in [3.05, 3.63) is 112 Å². The highest BCUT2D eigenvalue weighted by molar-refractivity contribution is 5.91. The number of amides is 1. The SMILES string of the molecule is Cc1cc(C)c(Cc2ccc(C(=O)N(Cc3cccnc3)Cc3cccn3C)o2)c(C)c1. The van der Waals surface area contributed by atoms with Gasteiger partial charge < -0.3 is 13.9 Å². The molecule has 0 fully saturated rings. The van der Waals surface area contributed by atoms with Crippen LogP contribution in [0.25, 0.3) is 0 Å². The van der Waals surface area contributed by atoms with Crippen LogP contribution in [0.4, 0.5) is 0 Å². The summed E-state index contributed by atoms with van der Waals surface area (Å²) < 4.78 is 8.07. The van der Waals surface area contributed by atoms with Crippen molar-refractivity contribution in [2.45, 2.75) is 40.3 Å². The van der Waals surface area contributed by atoms with Gasteiger partial charge in [0, 0.05) is 44.3 Å². The van der Waals surface area contributed by atoms with Crippen molar-refractivity contribution in [3.63, 3.8) is 0 Å². The normalized spacial score (nSPS) is 11.0. The molecule has 0 N–H and O–H groups in total. The van der Waals surface area contributed by atoms with E-state index in [0.29, 0.717) is 25.3 Å². The standard InChI is InChI=1S/C27H29N3O2/c1-19-13-20(2)25(21(3)14-19)15-24-9-10-26(32-24)27(31)30(17-22-7-5-11-28-16-22)18-23-8-6-12-29(23)4/h5-14,16H,15,17-18H2,1-4H3. The molecule has 0 saturated carbocycles. The summed E-state index contributed by atoms with van der Waals surface area (Å²) in [5.41, 5.74) is 7.03. The van der Waals surface area contributed by atoms with Crippen LogP contribution in [-0.2, 0) is 26.6 Å². The predicted molar refractivity (Wildman–Crippen MR) is 125 cm³/mol. The average Bonchev–Trinajstić information content (AvgIpc) is 3.39. The van der Waals surface area contributed by atoms with Crippen LogP contribution >= 0.6 is 0 Å². The number of carbonyl (C=O) groups is 1. The molecule has 4 aromatic rings. The number of nitrogens with zero attached hydrogens (tertiary/aromatic N) is 3. The lowest BCUT2D eigenvalue weighted by atomic mass is 9.97. The van der Waals surface area contributed by atoms with E-state index in [1.807, 2.05) is 48.1 Å². The molecule has 164 valence electrons. The molecule has 4 rings (SSSR count). The third kappa shape index (κ3) is 4.83. The molecule has 1 aromatic carbocycles. The van der Waals surface area contributed by atoms with E-state index in [-0.39, 0.29) is 5.91 Å². The fraction of sp³-hybridized carbons (Fsp3) is 0.259. The Morgan fingerprint density at radius 3 is 2.47 bits per heavy atom. The first-order valence-corrected chi connectivity index (χ1v) is 10.8. The maximum Gasteiger partial charge on any atom is 0.290 e.